The fourth-order valence-corrected chi connectivity index (χ4v) is 6.46. The number of pyridine rings is 1. The Bertz CT molecular complexity index is 1560. The van der Waals surface area contributed by atoms with E-state index in [-0.39, 0.29) is 35.4 Å². The van der Waals surface area contributed by atoms with Crippen molar-refractivity contribution in [1.82, 2.24) is 25.0 Å². The van der Waals surface area contributed by atoms with Crippen LogP contribution in [-0.2, 0) is 39.4 Å². The normalized spacial score (nSPS) is 18.8. The number of aliphatic hydroxyl groups excluding tert-OH is 1. The van der Waals surface area contributed by atoms with Gasteiger partial charge in [-0.1, -0.05) is 5.16 Å². The summed E-state index contributed by atoms with van der Waals surface area (Å²) < 4.78 is 3.49. The number of carboxylic acid groups (broad SMARTS) is 1. The summed E-state index contributed by atoms with van der Waals surface area (Å²) in [6.07, 6.45) is 3.66. The molecule has 2 aliphatic heterocycles. The summed E-state index contributed by atoms with van der Waals surface area (Å²) in [5.41, 5.74) is 8.32. The number of nitrogens with zero attached hydrogens (tertiary/aromatic N) is 6. The Labute approximate surface area is 235 Å². The van der Waals surface area contributed by atoms with Gasteiger partial charge in [0.05, 0.1) is 23.6 Å². The molecule has 208 valence electrons. The summed E-state index contributed by atoms with van der Waals surface area (Å²) in [7, 11) is 3.05. The van der Waals surface area contributed by atoms with Crippen LogP contribution in [0, 0.1) is 0 Å². The minimum absolute atomic E-state index is 0.0988. The van der Waals surface area contributed by atoms with Crippen LogP contribution in [0.4, 0.5) is 5.13 Å². The van der Waals surface area contributed by atoms with Gasteiger partial charge < -0.3 is 26.1 Å². The second-order valence-electron chi connectivity index (χ2n) is 8.88. The minimum atomic E-state index is -1.23. The van der Waals surface area contributed by atoms with Gasteiger partial charge in [0.2, 0.25) is 0 Å². The molecule has 0 aromatic carbocycles. The number of hydrogen-bond acceptors (Lipinski definition) is 11. The number of aromatic nitrogens is 4. The van der Waals surface area contributed by atoms with Gasteiger partial charge in [-0.15, -0.1) is 23.1 Å². The quantitative estimate of drug-likeness (QED) is 0.112. The molecule has 0 bridgehead atoms. The van der Waals surface area contributed by atoms with Crippen LogP contribution in [0.1, 0.15) is 11.4 Å². The van der Waals surface area contributed by atoms with Crippen molar-refractivity contribution in [3.63, 3.8) is 0 Å². The number of carbonyl (C=O) groups excluding carboxylic acids is 2. The molecule has 0 saturated carbocycles. The number of oxime groups is 1. The van der Waals surface area contributed by atoms with E-state index in [4.69, 9.17) is 10.6 Å². The smallest absolute Gasteiger partial charge is 0.352 e. The molecule has 5 N–H and O–H groups in total. The van der Waals surface area contributed by atoms with Gasteiger partial charge in [-0.05, 0) is 12.1 Å². The number of carboxylic acids is 1. The number of anilines is 1. The number of β-lactam (4-membered cyclic amide) rings is 1. The van der Waals surface area contributed by atoms with Crippen molar-refractivity contribution in [1.29, 1.82) is 0 Å². The highest BCUT2D eigenvalue weighted by molar-refractivity contribution is 8.00. The number of aliphatic carboxylic acids is 1. The highest BCUT2D eigenvalue weighted by Gasteiger charge is 2.54. The number of carbonyl (C=O) groups is 3. The van der Waals surface area contributed by atoms with E-state index < -0.39 is 29.2 Å². The number of amides is 2. The zero-order valence-electron chi connectivity index (χ0n) is 21.3. The first-order valence-electron chi connectivity index (χ1n) is 11.9. The highest BCUT2D eigenvalue weighted by Crippen LogP contribution is 2.40. The van der Waals surface area contributed by atoms with E-state index in [2.05, 4.69) is 20.6 Å². The standard InChI is InChI=1S/C24H24N8O6S2/c1-30-16(6-14(9-33)28-30)12-4-3-5-31(7-12)8-13-10-39-22-18(21(35)32(22)19(13)23(36)37)27-20(34)17(29-38-2)15-11-40-24(25)26-15/h3-7,11,18,22,33H,8-10H2,1-2H3,(H3-,25,26,27,34,36,37)/p+1/b29-17+/t18-,22-/m1/s1. The van der Waals surface area contributed by atoms with Gasteiger partial charge in [0.1, 0.15) is 29.9 Å². The van der Waals surface area contributed by atoms with E-state index in [0.717, 1.165) is 22.6 Å². The highest BCUT2D eigenvalue weighted by atomic mass is 32.2. The third kappa shape index (κ3) is 5.03. The lowest BCUT2D eigenvalue weighted by Crippen LogP contribution is -2.71. The summed E-state index contributed by atoms with van der Waals surface area (Å²) in [5, 5.41) is 31.3. The molecule has 3 aromatic heterocycles. The Morgan fingerprint density at radius 2 is 2.20 bits per heavy atom. The summed E-state index contributed by atoms with van der Waals surface area (Å²) in [5.74, 6) is -2.12. The molecule has 0 radical (unpaired) electrons. The first-order chi connectivity index (χ1) is 19.2. The van der Waals surface area contributed by atoms with Crippen molar-refractivity contribution in [3.8, 4) is 11.3 Å². The molecular weight excluding hydrogens is 560 g/mol. The van der Waals surface area contributed by atoms with Crippen molar-refractivity contribution >= 4 is 51.7 Å². The molecule has 14 nitrogen and oxygen atoms in total. The van der Waals surface area contributed by atoms with Crippen molar-refractivity contribution in [2.45, 2.75) is 24.6 Å². The first-order valence-corrected chi connectivity index (χ1v) is 13.8. The molecule has 1 saturated heterocycles. The zero-order valence-corrected chi connectivity index (χ0v) is 23.0. The average Bonchev–Trinajstić information content (AvgIpc) is 3.54. The van der Waals surface area contributed by atoms with Crippen LogP contribution in [-0.4, -0.2) is 77.7 Å². The SMILES string of the molecule is CO/N=C(/C(=O)N[C@@H]1C(=O)N2C(C(=O)O)=C(C[n+]3cccc(-c4cc(CO)nn4C)c3)CS[C@H]12)c1csc(N)n1. The number of rotatable bonds is 9. The third-order valence-electron chi connectivity index (χ3n) is 6.32. The Kier molecular flexibility index (Phi) is 7.55. The van der Waals surface area contributed by atoms with Crippen LogP contribution < -0.4 is 15.6 Å². The molecule has 16 heteroatoms. The van der Waals surface area contributed by atoms with E-state index in [9.17, 15) is 24.6 Å². The summed E-state index contributed by atoms with van der Waals surface area (Å²) in [6, 6.07) is 4.55. The van der Waals surface area contributed by atoms with Crippen LogP contribution in [0.3, 0.4) is 0 Å². The van der Waals surface area contributed by atoms with Gasteiger partial charge in [0, 0.05) is 29.8 Å². The molecule has 0 spiro atoms. The van der Waals surface area contributed by atoms with Gasteiger partial charge in [0.25, 0.3) is 11.8 Å². The van der Waals surface area contributed by atoms with Gasteiger partial charge in [-0.2, -0.15) is 5.10 Å². The number of aryl methyl sites for hydroxylation is 1. The molecule has 0 aliphatic carbocycles. The average molecular weight is 586 g/mol. The maximum Gasteiger partial charge on any atom is 0.352 e. The minimum Gasteiger partial charge on any atom is -0.477 e. The molecule has 5 heterocycles. The number of aliphatic hydroxyl groups is 1. The van der Waals surface area contributed by atoms with Gasteiger partial charge in [-0.25, -0.2) is 14.3 Å². The maximum absolute atomic E-state index is 13.1. The summed E-state index contributed by atoms with van der Waals surface area (Å²) in [4.78, 5) is 48.4. The maximum atomic E-state index is 13.1. The molecule has 2 amide bonds. The number of nitrogen functional groups attached to an aromatic ring is 1. The summed E-state index contributed by atoms with van der Waals surface area (Å²) in [6.45, 7) is 0.0514. The van der Waals surface area contributed by atoms with Crippen LogP contribution in [0.15, 0.2) is 52.4 Å². The van der Waals surface area contributed by atoms with Crippen molar-refractivity contribution in [2.24, 2.45) is 12.2 Å². The second-order valence-corrected chi connectivity index (χ2v) is 10.9. The van der Waals surface area contributed by atoms with Crippen LogP contribution >= 0.6 is 23.1 Å². The molecular formula is C24H25N8O6S2+. The fraction of sp³-hybridized carbons (Fsp3) is 0.292. The molecule has 5 rings (SSSR count). The Morgan fingerprint density at radius 1 is 1.40 bits per heavy atom. The summed E-state index contributed by atoms with van der Waals surface area (Å²) >= 11 is 2.48. The number of fused-ring (bicyclic) bond motifs is 1. The lowest BCUT2D eigenvalue weighted by Gasteiger charge is -2.49. The molecule has 3 aromatic rings. The van der Waals surface area contributed by atoms with E-state index in [1.807, 2.05) is 22.9 Å². The van der Waals surface area contributed by atoms with Gasteiger partial charge in [-0.3, -0.25) is 19.2 Å². The Balaban J connectivity index is 1.35. The number of hydrogen-bond donors (Lipinski definition) is 4. The van der Waals surface area contributed by atoms with Crippen molar-refractivity contribution < 1.29 is 34.0 Å². The first kappa shape index (κ1) is 27.3. The van der Waals surface area contributed by atoms with Gasteiger partial charge in [0.15, 0.2) is 29.8 Å². The predicted octanol–water partition coefficient (Wildman–Crippen LogP) is -0.305. The molecule has 2 aliphatic rings. The monoisotopic (exact) mass is 585 g/mol. The van der Waals surface area contributed by atoms with Crippen molar-refractivity contribution in [3.05, 3.63) is 58.6 Å². The number of nitrogens with two attached hydrogens (primary N) is 1. The van der Waals surface area contributed by atoms with Crippen LogP contribution in [0.2, 0.25) is 0 Å². The third-order valence-corrected chi connectivity index (χ3v) is 8.33. The topological polar surface area (TPSA) is 189 Å². The second kappa shape index (κ2) is 11.1. The van der Waals surface area contributed by atoms with Crippen LogP contribution in [0.25, 0.3) is 11.3 Å². The molecule has 0 unspecified atom stereocenters. The molecule has 2 atom stereocenters. The lowest BCUT2D eigenvalue weighted by atomic mass is 10.0. The Morgan fingerprint density at radius 3 is 2.85 bits per heavy atom. The number of nitrogens with one attached hydrogen (secondary N) is 1. The lowest BCUT2D eigenvalue weighted by molar-refractivity contribution is -0.688. The Hall–Kier alpha value is -4.28. The van der Waals surface area contributed by atoms with Gasteiger partial charge >= 0.3 is 5.97 Å². The van der Waals surface area contributed by atoms with Crippen molar-refractivity contribution in [2.75, 3.05) is 18.6 Å². The van der Waals surface area contributed by atoms with E-state index in [0.29, 0.717) is 17.0 Å². The zero-order chi connectivity index (χ0) is 28.6. The predicted molar refractivity (Wildman–Crippen MR) is 145 cm³/mol. The molecule has 1 fully saturated rings. The van der Waals surface area contributed by atoms with E-state index in [1.165, 1.54) is 23.8 Å². The van der Waals surface area contributed by atoms with Crippen LogP contribution in [0.5, 0.6) is 0 Å². The number of thioether (sulfide) groups is 1. The van der Waals surface area contributed by atoms with E-state index in [1.54, 1.807) is 29.4 Å². The van der Waals surface area contributed by atoms with E-state index >= 15 is 0 Å². The fourth-order valence-electron chi connectivity index (χ4n) is 4.57. The number of thiazole rings is 1. The molecule has 40 heavy (non-hydrogen) atoms. The largest absolute Gasteiger partial charge is 0.477 e.